The van der Waals surface area contributed by atoms with Crippen LogP contribution in [0.5, 0.6) is 0 Å². The Labute approximate surface area is 166 Å². The molecule has 1 aliphatic heterocycles. The van der Waals surface area contributed by atoms with Crippen molar-refractivity contribution in [3.05, 3.63) is 41.3 Å². The molecule has 0 radical (unpaired) electrons. The van der Waals surface area contributed by atoms with Gasteiger partial charge >= 0.3 is 5.97 Å². The maximum atomic E-state index is 12.6. The number of hydrogen-bond donors (Lipinski definition) is 1. The number of hydrogen-bond acceptors (Lipinski definition) is 5. The highest BCUT2D eigenvalue weighted by Gasteiger charge is 2.37. The Bertz CT molecular complexity index is 814. The summed E-state index contributed by atoms with van der Waals surface area (Å²) in [6.07, 6.45) is 2.79. The van der Waals surface area contributed by atoms with Gasteiger partial charge < -0.3 is 10.1 Å². The van der Waals surface area contributed by atoms with Crippen LogP contribution >= 0.6 is 0 Å². The number of nitrogens with zero attached hydrogens (tertiary/aromatic N) is 1. The number of ether oxygens (including phenoxy) is 1. The fraction of sp³-hybridized carbons (Fsp3) is 0.500. The van der Waals surface area contributed by atoms with Gasteiger partial charge in [0.2, 0.25) is 15.9 Å². The van der Waals surface area contributed by atoms with Crippen LogP contribution in [0.15, 0.2) is 35.7 Å². The molecule has 154 valence electrons. The third kappa shape index (κ3) is 5.42. The van der Waals surface area contributed by atoms with Crippen molar-refractivity contribution in [1.82, 2.24) is 9.62 Å². The van der Waals surface area contributed by atoms with E-state index in [-0.39, 0.29) is 24.9 Å². The van der Waals surface area contributed by atoms with Crippen LogP contribution < -0.4 is 5.32 Å². The molecule has 28 heavy (non-hydrogen) atoms. The van der Waals surface area contributed by atoms with Gasteiger partial charge in [-0.1, -0.05) is 37.3 Å². The molecule has 1 atom stereocenters. The number of amides is 1. The van der Waals surface area contributed by atoms with Crippen molar-refractivity contribution in [2.75, 3.05) is 20.2 Å². The van der Waals surface area contributed by atoms with E-state index in [1.54, 1.807) is 19.9 Å². The summed E-state index contributed by atoms with van der Waals surface area (Å²) < 4.78 is 31.2. The van der Waals surface area contributed by atoms with E-state index in [1.165, 1.54) is 16.8 Å². The molecule has 1 aromatic rings. The first-order valence-electron chi connectivity index (χ1n) is 9.35. The van der Waals surface area contributed by atoms with Crippen molar-refractivity contribution in [3.8, 4) is 0 Å². The van der Waals surface area contributed by atoms with E-state index in [0.29, 0.717) is 19.3 Å². The van der Waals surface area contributed by atoms with Crippen molar-refractivity contribution >= 4 is 28.0 Å². The summed E-state index contributed by atoms with van der Waals surface area (Å²) in [7, 11) is -2.25. The number of nitrogens with one attached hydrogen (secondary N) is 1. The molecule has 1 unspecified atom stereocenters. The van der Waals surface area contributed by atoms with E-state index >= 15 is 0 Å². The van der Waals surface area contributed by atoms with Gasteiger partial charge in [-0.05, 0) is 37.8 Å². The Morgan fingerprint density at radius 1 is 1.25 bits per heavy atom. The molecule has 1 heterocycles. The van der Waals surface area contributed by atoms with Crippen LogP contribution in [0.25, 0.3) is 6.08 Å². The predicted molar refractivity (Wildman–Crippen MR) is 108 cm³/mol. The van der Waals surface area contributed by atoms with E-state index < -0.39 is 21.5 Å². The van der Waals surface area contributed by atoms with E-state index in [9.17, 15) is 18.0 Å². The number of carbonyl (C=O) groups is 2. The number of sulfonamides is 1. The third-order valence-electron chi connectivity index (χ3n) is 5.16. The highest BCUT2D eigenvalue weighted by molar-refractivity contribution is 7.92. The minimum absolute atomic E-state index is 0.244. The van der Waals surface area contributed by atoms with Crippen LogP contribution in [-0.4, -0.2) is 50.3 Å². The standard InChI is InChI=1S/C20H28N2O5S/c1-4-20(2,19(24)27-3)21-18(23)17-10-13-22(14-11-17)28(25,26)15-12-16-8-6-5-7-9-16/h5-9,12,15,17H,4,10-11,13-14H2,1-3H3,(H,21,23)/b15-12+. The SMILES string of the molecule is CCC(C)(NC(=O)C1CCN(S(=O)(=O)/C=C/c2ccccc2)CC1)C(=O)OC. The first kappa shape index (κ1) is 22.1. The Morgan fingerprint density at radius 3 is 2.39 bits per heavy atom. The minimum atomic E-state index is -3.54. The molecule has 0 saturated carbocycles. The van der Waals surface area contributed by atoms with Gasteiger partial charge in [0, 0.05) is 24.4 Å². The molecular weight excluding hydrogens is 380 g/mol. The second kappa shape index (κ2) is 9.34. The molecule has 8 heteroatoms. The quantitative estimate of drug-likeness (QED) is 0.698. The van der Waals surface area contributed by atoms with Gasteiger partial charge in [-0.15, -0.1) is 0 Å². The molecule has 7 nitrogen and oxygen atoms in total. The lowest BCUT2D eigenvalue weighted by atomic mass is 9.93. The Kier molecular flexibility index (Phi) is 7.37. The monoisotopic (exact) mass is 408 g/mol. The minimum Gasteiger partial charge on any atom is -0.467 e. The summed E-state index contributed by atoms with van der Waals surface area (Å²) in [5.41, 5.74) is -0.269. The van der Waals surface area contributed by atoms with Crippen LogP contribution in [0.1, 0.15) is 38.7 Å². The van der Waals surface area contributed by atoms with Gasteiger partial charge in [0.25, 0.3) is 0 Å². The molecule has 1 saturated heterocycles. The summed E-state index contributed by atoms with van der Waals surface area (Å²) in [6.45, 7) is 3.96. The zero-order valence-corrected chi connectivity index (χ0v) is 17.4. The molecule has 0 aliphatic carbocycles. The molecule has 0 bridgehead atoms. The number of carbonyl (C=O) groups excluding carboxylic acids is 2. The molecule has 2 rings (SSSR count). The predicted octanol–water partition coefficient (Wildman–Crippen LogP) is 2.16. The summed E-state index contributed by atoms with van der Waals surface area (Å²) >= 11 is 0. The second-order valence-corrected chi connectivity index (χ2v) is 8.92. The van der Waals surface area contributed by atoms with E-state index in [2.05, 4.69) is 5.32 Å². The molecule has 1 aromatic carbocycles. The van der Waals surface area contributed by atoms with Gasteiger partial charge in [0.05, 0.1) is 7.11 Å². The summed E-state index contributed by atoms with van der Waals surface area (Å²) in [5, 5.41) is 3.97. The van der Waals surface area contributed by atoms with Crippen LogP contribution in [-0.2, 0) is 24.3 Å². The van der Waals surface area contributed by atoms with Crippen molar-refractivity contribution in [2.45, 2.75) is 38.6 Å². The van der Waals surface area contributed by atoms with Crippen molar-refractivity contribution in [1.29, 1.82) is 0 Å². The number of benzene rings is 1. The lowest BCUT2D eigenvalue weighted by Crippen LogP contribution is -2.55. The van der Waals surface area contributed by atoms with Crippen LogP contribution in [0.3, 0.4) is 0 Å². The zero-order chi connectivity index (χ0) is 20.8. The average molecular weight is 409 g/mol. The highest BCUT2D eigenvalue weighted by Crippen LogP contribution is 2.22. The molecule has 1 N–H and O–H groups in total. The Morgan fingerprint density at radius 2 is 1.86 bits per heavy atom. The number of methoxy groups -OCH3 is 1. The van der Waals surface area contributed by atoms with Crippen LogP contribution in [0, 0.1) is 5.92 Å². The molecule has 1 aliphatic rings. The van der Waals surface area contributed by atoms with Crippen LogP contribution in [0.2, 0.25) is 0 Å². The van der Waals surface area contributed by atoms with Gasteiger partial charge in [-0.2, -0.15) is 4.31 Å². The van der Waals surface area contributed by atoms with Crippen molar-refractivity contribution in [3.63, 3.8) is 0 Å². The van der Waals surface area contributed by atoms with Gasteiger partial charge in [0.1, 0.15) is 5.54 Å². The lowest BCUT2D eigenvalue weighted by molar-refractivity contribution is -0.151. The third-order valence-corrected chi connectivity index (χ3v) is 6.72. The molecular formula is C20H28N2O5S. The second-order valence-electron chi connectivity index (χ2n) is 7.10. The first-order chi connectivity index (χ1) is 13.2. The molecule has 1 amide bonds. The topological polar surface area (TPSA) is 92.8 Å². The smallest absolute Gasteiger partial charge is 0.331 e. The van der Waals surface area contributed by atoms with Crippen LogP contribution in [0.4, 0.5) is 0 Å². The number of esters is 1. The van der Waals surface area contributed by atoms with Gasteiger partial charge in [0.15, 0.2) is 0 Å². The highest BCUT2D eigenvalue weighted by atomic mass is 32.2. The maximum Gasteiger partial charge on any atom is 0.331 e. The van der Waals surface area contributed by atoms with E-state index in [1.807, 2.05) is 30.3 Å². The first-order valence-corrected chi connectivity index (χ1v) is 10.9. The lowest BCUT2D eigenvalue weighted by Gasteiger charge is -2.33. The van der Waals surface area contributed by atoms with Gasteiger partial charge in [-0.25, -0.2) is 13.2 Å². The fourth-order valence-corrected chi connectivity index (χ4v) is 4.29. The normalized spacial score (nSPS) is 18.5. The maximum absolute atomic E-state index is 12.6. The number of piperidine rings is 1. The van der Waals surface area contributed by atoms with Crippen molar-refractivity contribution in [2.24, 2.45) is 5.92 Å². The molecule has 0 aromatic heterocycles. The zero-order valence-electron chi connectivity index (χ0n) is 16.6. The Balaban J connectivity index is 1.95. The summed E-state index contributed by atoms with van der Waals surface area (Å²) in [4.78, 5) is 24.5. The molecule has 0 spiro atoms. The van der Waals surface area contributed by atoms with E-state index in [0.717, 1.165) is 5.56 Å². The van der Waals surface area contributed by atoms with Crippen molar-refractivity contribution < 1.29 is 22.7 Å². The van der Waals surface area contributed by atoms with Gasteiger partial charge in [-0.3, -0.25) is 4.79 Å². The summed E-state index contributed by atoms with van der Waals surface area (Å²) in [5.74, 6) is -1.07. The largest absolute Gasteiger partial charge is 0.467 e. The average Bonchev–Trinajstić information content (AvgIpc) is 2.72. The molecule has 1 fully saturated rings. The Hall–Kier alpha value is -2.19. The summed E-state index contributed by atoms with van der Waals surface area (Å²) in [6, 6.07) is 9.21. The fourth-order valence-electron chi connectivity index (χ4n) is 3.07. The number of rotatable bonds is 7. The van der Waals surface area contributed by atoms with E-state index in [4.69, 9.17) is 4.74 Å².